The Kier molecular flexibility index (Phi) is 6.32. The molecule has 1 heterocycles. The standard InChI is InChI=1S/C11H22O6/c1-12-6-7(13-2)8-9(14-3)10(15-4)11(16-5)17-8/h7-11H,6H2,1-5H3. The summed E-state index contributed by atoms with van der Waals surface area (Å²) in [4.78, 5) is 0. The fraction of sp³-hybridized carbons (Fsp3) is 1.00. The molecule has 1 fully saturated rings. The van der Waals surface area contributed by atoms with Crippen molar-refractivity contribution in [1.82, 2.24) is 0 Å². The molecule has 0 saturated carbocycles. The minimum absolute atomic E-state index is 0.220. The predicted octanol–water partition coefficient (Wildman–Crippen LogP) is 0.0491. The summed E-state index contributed by atoms with van der Waals surface area (Å²) < 4.78 is 32.2. The molecule has 1 saturated heterocycles. The first-order chi connectivity index (χ1) is 8.23. The molecule has 5 unspecified atom stereocenters. The van der Waals surface area contributed by atoms with Crippen molar-refractivity contribution in [1.29, 1.82) is 0 Å². The van der Waals surface area contributed by atoms with Crippen molar-refractivity contribution in [2.24, 2.45) is 0 Å². The number of rotatable bonds is 7. The highest BCUT2D eigenvalue weighted by molar-refractivity contribution is 4.93. The summed E-state index contributed by atoms with van der Waals surface area (Å²) in [5.41, 5.74) is 0. The van der Waals surface area contributed by atoms with Crippen molar-refractivity contribution in [3.8, 4) is 0 Å². The molecule has 0 spiro atoms. The summed E-state index contributed by atoms with van der Waals surface area (Å²) in [5.74, 6) is 0. The van der Waals surface area contributed by atoms with Crippen molar-refractivity contribution >= 4 is 0 Å². The SMILES string of the molecule is COCC(OC)C1OC(OC)C(OC)C1OC. The first kappa shape index (κ1) is 14.8. The van der Waals surface area contributed by atoms with Gasteiger partial charge in [0.15, 0.2) is 6.29 Å². The maximum atomic E-state index is 5.75. The van der Waals surface area contributed by atoms with E-state index in [2.05, 4.69) is 0 Å². The highest BCUT2D eigenvalue weighted by Crippen LogP contribution is 2.29. The van der Waals surface area contributed by atoms with Gasteiger partial charge in [0.05, 0.1) is 6.61 Å². The molecule has 0 aromatic carbocycles. The molecule has 6 heteroatoms. The molecule has 1 aliphatic rings. The Bertz CT molecular complexity index is 212. The van der Waals surface area contributed by atoms with Gasteiger partial charge in [-0.2, -0.15) is 0 Å². The molecular formula is C11H22O6. The van der Waals surface area contributed by atoms with Crippen molar-refractivity contribution in [2.75, 3.05) is 42.2 Å². The fourth-order valence-electron chi connectivity index (χ4n) is 2.12. The zero-order chi connectivity index (χ0) is 12.8. The van der Waals surface area contributed by atoms with E-state index < -0.39 is 6.29 Å². The molecule has 0 aromatic heterocycles. The molecule has 102 valence electrons. The van der Waals surface area contributed by atoms with E-state index in [9.17, 15) is 0 Å². The number of ether oxygens (including phenoxy) is 6. The van der Waals surface area contributed by atoms with E-state index >= 15 is 0 Å². The van der Waals surface area contributed by atoms with Crippen LogP contribution in [0.2, 0.25) is 0 Å². The van der Waals surface area contributed by atoms with E-state index in [4.69, 9.17) is 28.4 Å². The van der Waals surface area contributed by atoms with Gasteiger partial charge in [0.25, 0.3) is 0 Å². The Morgan fingerprint density at radius 3 is 2.00 bits per heavy atom. The summed E-state index contributed by atoms with van der Waals surface area (Å²) in [6.45, 7) is 0.424. The van der Waals surface area contributed by atoms with E-state index in [1.165, 1.54) is 0 Å². The first-order valence-corrected chi connectivity index (χ1v) is 5.49. The first-order valence-electron chi connectivity index (χ1n) is 5.49. The van der Waals surface area contributed by atoms with Crippen LogP contribution in [0.3, 0.4) is 0 Å². The second-order valence-electron chi connectivity index (χ2n) is 3.83. The molecule has 0 radical (unpaired) electrons. The van der Waals surface area contributed by atoms with Crippen LogP contribution in [-0.2, 0) is 28.4 Å². The zero-order valence-corrected chi connectivity index (χ0v) is 11.0. The molecule has 1 rings (SSSR count). The summed E-state index contributed by atoms with van der Waals surface area (Å²) >= 11 is 0. The lowest BCUT2D eigenvalue weighted by molar-refractivity contribution is -0.175. The fourth-order valence-corrected chi connectivity index (χ4v) is 2.12. The molecule has 0 amide bonds. The third kappa shape index (κ3) is 3.15. The summed E-state index contributed by atoms with van der Waals surface area (Å²) in [6, 6.07) is 0. The largest absolute Gasteiger partial charge is 0.382 e. The molecule has 0 aromatic rings. The second-order valence-corrected chi connectivity index (χ2v) is 3.83. The van der Waals surface area contributed by atoms with Gasteiger partial charge in [0.1, 0.15) is 24.4 Å². The molecular weight excluding hydrogens is 228 g/mol. The van der Waals surface area contributed by atoms with Crippen molar-refractivity contribution in [2.45, 2.75) is 30.7 Å². The lowest BCUT2D eigenvalue weighted by atomic mass is 10.1. The summed E-state index contributed by atoms with van der Waals surface area (Å²) in [7, 11) is 8.02. The van der Waals surface area contributed by atoms with Crippen LogP contribution in [0.1, 0.15) is 0 Å². The van der Waals surface area contributed by atoms with Crippen molar-refractivity contribution < 1.29 is 28.4 Å². The molecule has 0 bridgehead atoms. The topological polar surface area (TPSA) is 55.4 Å². The Labute approximate surface area is 102 Å². The quantitative estimate of drug-likeness (QED) is 0.636. The van der Waals surface area contributed by atoms with Crippen LogP contribution in [0, 0.1) is 0 Å². The van der Waals surface area contributed by atoms with Gasteiger partial charge in [-0.3, -0.25) is 0 Å². The van der Waals surface area contributed by atoms with E-state index in [-0.39, 0.29) is 24.4 Å². The van der Waals surface area contributed by atoms with Gasteiger partial charge >= 0.3 is 0 Å². The number of methoxy groups -OCH3 is 5. The Balaban J connectivity index is 2.76. The van der Waals surface area contributed by atoms with E-state index in [0.717, 1.165) is 0 Å². The third-order valence-corrected chi connectivity index (χ3v) is 2.98. The summed E-state index contributed by atoms with van der Waals surface area (Å²) in [6.07, 6.45) is -1.47. The van der Waals surface area contributed by atoms with Gasteiger partial charge in [-0.05, 0) is 0 Å². The van der Waals surface area contributed by atoms with Gasteiger partial charge in [0, 0.05) is 35.5 Å². The predicted molar refractivity (Wildman–Crippen MR) is 59.9 cm³/mol. The van der Waals surface area contributed by atoms with Gasteiger partial charge in [-0.25, -0.2) is 0 Å². The lowest BCUT2D eigenvalue weighted by Crippen LogP contribution is -2.43. The monoisotopic (exact) mass is 250 g/mol. The maximum absolute atomic E-state index is 5.75. The average Bonchev–Trinajstić information content (AvgIpc) is 2.73. The maximum Gasteiger partial charge on any atom is 0.186 e. The van der Waals surface area contributed by atoms with Crippen LogP contribution in [0.15, 0.2) is 0 Å². The van der Waals surface area contributed by atoms with Crippen LogP contribution >= 0.6 is 0 Å². The molecule has 0 N–H and O–H groups in total. The van der Waals surface area contributed by atoms with Gasteiger partial charge in [-0.1, -0.05) is 0 Å². The summed E-state index contributed by atoms with van der Waals surface area (Å²) in [5, 5.41) is 0. The third-order valence-electron chi connectivity index (χ3n) is 2.98. The van der Waals surface area contributed by atoms with Crippen LogP contribution in [-0.4, -0.2) is 72.9 Å². The Morgan fingerprint density at radius 2 is 1.59 bits per heavy atom. The number of hydrogen-bond donors (Lipinski definition) is 0. The van der Waals surface area contributed by atoms with Crippen LogP contribution < -0.4 is 0 Å². The van der Waals surface area contributed by atoms with Crippen molar-refractivity contribution in [3.63, 3.8) is 0 Å². The second kappa shape index (κ2) is 7.25. The van der Waals surface area contributed by atoms with Gasteiger partial charge < -0.3 is 28.4 Å². The molecule has 1 aliphatic heterocycles. The highest BCUT2D eigenvalue weighted by atomic mass is 16.7. The van der Waals surface area contributed by atoms with E-state index in [1.54, 1.807) is 35.5 Å². The molecule has 0 aliphatic carbocycles. The van der Waals surface area contributed by atoms with Gasteiger partial charge in [-0.15, -0.1) is 0 Å². The van der Waals surface area contributed by atoms with Crippen LogP contribution in [0.5, 0.6) is 0 Å². The normalized spacial score (nSPS) is 35.1. The van der Waals surface area contributed by atoms with Gasteiger partial charge in [0.2, 0.25) is 0 Å². The number of hydrogen-bond acceptors (Lipinski definition) is 6. The Hall–Kier alpha value is -0.240. The average molecular weight is 250 g/mol. The van der Waals surface area contributed by atoms with E-state index in [1.807, 2.05) is 0 Å². The highest BCUT2D eigenvalue weighted by Gasteiger charge is 2.49. The molecule has 17 heavy (non-hydrogen) atoms. The zero-order valence-electron chi connectivity index (χ0n) is 11.0. The Morgan fingerprint density at radius 1 is 0.941 bits per heavy atom. The minimum Gasteiger partial charge on any atom is -0.382 e. The molecule has 5 atom stereocenters. The van der Waals surface area contributed by atoms with E-state index in [0.29, 0.717) is 6.61 Å². The van der Waals surface area contributed by atoms with Crippen LogP contribution in [0.4, 0.5) is 0 Å². The smallest absolute Gasteiger partial charge is 0.186 e. The van der Waals surface area contributed by atoms with Crippen LogP contribution in [0.25, 0.3) is 0 Å². The lowest BCUT2D eigenvalue weighted by Gasteiger charge is -2.26. The molecule has 6 nitrogen and oxygen atoms in total. The van der Waals surface area contributed by atoms with Crippen molar-refractivity contribution in [3.05, 3.63) is 0 Å². The minimum atomic E-state index is -0.454.